The summed E-state index contributed by atoms with van der Waals surface area (Å²) in [6, 6.07) is 19.7. The summed E-state index contributed by atoms with van der Waals surface area (Å²) in [7, 11) is 0. The highest BCUT2D eigenvalue weighted by molar-refractivity contribution is 6.04. The first-order valence-corrected chi connectivity index (χ1v) is 10.1. The molecule has 4 rings (SSSR count). The maximum Gasteiger partial charge on any atom is 0.257 e. The molecule has 5 nitrogen and oxygen atoms in total. The summed E-state index contributed by atoms with van der Waals surface area (Å²) in [5, 5.41) is 6.22. The second-order valence-corrected chi connectivity index (χ2v) is 7.62. The third kappa shape index (κ3) is 4.93. The van der Waals surface area contributed by atoms with Gasteiger partial charge in [0.15, 0.2) is 0 Å². The fourth-order valence-corrected chi connectivity index (χ4v) is 3.55. The fraction of sp³-hybridized carbons (Fsp3) is 0.250. The predicted octanol–water partition coefficient (Wildman–Crippen LogP) is 5.31. The molecule has 2 heterocycles. The maximum absolute atomic E-state index is 12.5. The van der Waals surface area contributed by atoms with Gasteiger partial charge in [0.25, 0.3) is 5.91 Å². The first kappa shape index (κ1) is 19.0. The Bertz CT molecular complexity index is 948. The van der Waals surface area contributed by atoms with Crippen molar-refractivity contribution in [3.05, 3.63) is 78.6 Å². The number of para-hydroxylation sites is 1. The average molecular weight is 386 g/mol. The van der Waals surface area contributed by atoms with E-state index in [4.69, 9.17) is 0 Å². The number of amides is 1. The molecule has 2 N–H and O–H groups in total. The summed E-state index contributed by atoms with van der Waals surface area (Å²) in [5.74, 6) is 0.646. The number of nitrogens with zero attached hydrogens (tertiary/aromatic N) is 2. The maximum atomic E-state index is 12.5. The van der Waals surface area contributed by atoms with Crippen LogP contribution >= 0.6 is 0 Å². The molecule has 0 bridgehead atoms. The Balaban J connectivity index is 1.40. The number of rotatable bonds is 5. The lowest BCUT2D eigenvalue weighted by atomic mass is 9.99. The van der Waals surface area contributed by atoms with Crippen LogP contribution in [0.2, 0.25) is 0 Å². The number of carbonyl (C=O) groups excluding carboxylic acids is 1. The summed E-state index contributed by atoms with van der Waals surface area (Å²) < 4.78 is 0. The van der Waals surface area contributed by atoms with Crippen molar-refractivity contribution < 1.29 is 4.79 Å². The number of carbonyl (C=O) groups is 1. The van der Waals surface area contributed by atoms with Crippen LogP contribution in [0.3, 0.4) is 0 Å². The quantitative estimate of drug-likeness (QED) is 0.624. The zero-order valence-corrected chi connectivity index (χ0v) is 16.6. The van der Waals surface area contributed by atoms with Crippen LogP contribution in [0.1, 0.15) is 30.1 Å². The predicted molar refractivity (Wildman–Crippen MR) is 119 cm³/mol. The number of aromatic nitrogens is 1. The minimum atomic E-state index is -0.179. The highest BCUT2D eigenvalue weighted by Gasteiger charge is 2.15. The topological polar surface area (TPSA) is 57.3 Å². The van der Waals surface area contributed by atoms with E-state index < -0.39 is 0 Å². The number of piperidine rings is 1. The molecule has 3 aromatic rings. The van der Waals surface area contributed by atoms with E-state index >= 15 is 0 Å². The van der Waals surface area contributed by atoms with E-state index in [-0.39, 0.29) is 5.91 Å². The molecule has 0 radical (unpaired) electrons. The summed E-state index contributed by atoms with van der Waals surface area (Å²) in [5.41, 5.74) is 4.29. The standard InChI is InChI=1S/C24H26N4O/c1-18-11-13-28(14-12-18)23-9-7-21(8-10-23)26-22-15-19(16-25-17-22)24(29)27-20-5-3-2-4-6-20/h2-10,15-18,26H,11-14H2,1H3,(H,27,29). The van der Waals surface area contributed by atoms with Crippen molar-refractivity contribution in [2.45, 2.75) is 19.8 Å². The van der Waals surface area contributed by atoms with E-state index in [0.717, 1.165) is 36.1 Å². The smallest absolute Gasteiger partial charge is 0.257 e. The molecule has 2 aromatic carbocycles. The van der Waals surface area contributed by atoms with Gasteiger partial charge in [-0.3, -0.25) is 9.78 Å². The van der Waals surface area contributed by atoms with E-state index in [0.29, 0.717) is 5.56 Å². The highest BCUT2D eigenvalue weighted by Crippen LogP contribution is 2.25. The Hall–Kier alpha value is -3.34. The van der Waals surface area contributed by atoms with Crippen molar-refractivity contribution in [3.63, 3.8) is 0 Å². The van der Waals surface area contributed by atoms with Gasteiger partial charge in [-0.1, -0.05) is 25.1 Å². The van der Waals surface area contributed by atoms with Gasteiger partial charge in [-0.05, 0) is 61.2 Å². The summed E-state index contributed by atoms with van der Waals surface area (Å²) in [6.45, 7) is 4.57. The molecule has 0 spiro atoms. The molecular formula is C24H26N4O. The first-order chi connectivity index (χ1) is 14.2. The van der Waals surface area contributed by atoms with Gasteiger partial charge < -0.3 is 15.5 Å². The Kier molecular flexibility index (Phi) is 5.75. The van der Waals surface area contributed by atoms with E-state index in [9.17, 15) is 4.79 Å². The zero-order chi connectivity index (χ0) is 20.1. The van der Waals surface area contributed by atoms with Gasteiger partial charge in [-0.15, -0.1) is 0 Å². The van der Waals surface area contributed by atoms with Crippen LogP contribution in [-0.4, -0.2) is 24.0 Å². The lowest BCUT2D eigenvalue weighted by Crippen LogP contribution is -2.32. The van der Waals surface area contributed by atoms with Crippen LogP contribution in [-0.2, 0) is 0 Å². The number of nitrogens with one attached hydrogen (secondary N) is 2. The Morgan fingerprint density at radius 2 is 1.66 bits per heavy atom. The fourth-order valence-electron chi connectivity index (χ4n) is 3.55. The largest absolute Gasteiger partial charge is 0.372 e. The zero-order valence-electron chi connectivity index (χ0n) is 16.6. The van der Waals surface area contributed by atoms with Crippen molar-refractivity contribution >= 4 is 28.7 Å². The molecule has 1 fully saturated rings. The van der Waals surface area contributed by atoms with E-state index in [1.807, 2.05) is 36.4 Å². The molecule has 1 saturated heterocycles. The third-order valence-corrected chi connectivity index (χ3v) is 5.34. The molecule has 1 aromatic heterocycles. The lowest BCUT2D eigenvalue weighted by Gasteiger charge is -2.32. The van der Waals surface area contributed by atoms with Crippen molar-refractivity contribution in [2.75, 3.05) is 28.6 Å². The van der Waals surface area contributed by atoms with E-state index in [2.05, 4.69) is 51.7 Å². The van der Waals surface area contributed by atoms with E-state index in [1.165, 1.54) is 18.5 Å². The average Bonchev–Trinajstić information content (AvgIpc) is 2.76. The molecule has 0 saturated carbocycles. The highest BCUT2D eigenvalue weighted by atomic mass is 16.1. The lowest BCUT2D eigenvalue weighted by molar-refractivity contribution is 0.102. The minimum Gasteiger partial charge on any atom is -0.372 e. The summed E-state index contributed by atoms with van der Waals surface area (Å²) in [4.78, 5) is 19.1. The van der Waals surface area contributed by atoms with Gasteiger partial charge in [0, 0.05) is 36.3 Å². The summed E-state index contributed by atoms with van der Waals surface area (Å²) >= 11 is 0. The summed E-state index contributed by atoms with van der Waals surface area (Å²) in [6.07, 6.45) is 5.80. The number of hydrogen-bond acceptors (Lipinski definition) is 4. The molecule has 29 heavy (non-hydrogen) atoms. The second-order valence-electron chi connectivity index (χ2n) is 7.62. The van der Waals surface area contributed by atoms with Crippen LogP contribution in [0.25, 0.3) is 0 Å². The number of benzene rings is 2. The molecule has 1 amide bonds. The Morgan fingerprint density at radius 3 is 2.38 bits per heavy atom. The van der Waals surface area contributed by atoms with Gasteiger partial charge >= 0.3 is 0 Å². The van der Waals surface area contributed by atoms with Crippen LogP contribution in [0.4, 0.5) is 22.7 Å². The van der Waals surface area contributed by atoms with Crippen molar-refractivity contribution in [2.24, 2.45) is 5.92 Å². The number of anilines is 4. The molecule has 5 heteroatoms. The SMILES string of the molecule is CC1CCN(c2ccc(Nc3cncc(C(=O)Nc4ccccc4)c3)cc2)CC1. The molecule has 0 aliphatic carbocycles. The van der Waals surface area contributed by atoms with Gasteiger partial charge in [-0.25, -0.2) is 0 Å². The molecule has 1 aliphatic heterocycles. The normalized spacial score (nSPS) is 14.4. The van der Waals surface area contributed by atoms with Crippen LogP contribution < -0.4 is 15.5 Å². The van der Waals surface area contributed by atoms with Crippen molar-refractivity contribution in [1.29, 1.82) is 0 Å². The molecule has 0 atom stereocenters. The van der Waals surface area contributed by atoms with Gasteiger partial charge in [-0.2, -0.15) is 0 Å². The Labute approximate surface area is 171 Å². The number of pyridine rings is 1. The van der Waals surface area contributed by atoms with Gasteiger partial charge in [0.2, 0.25) is 0 Å². The van der Waals surface area contributed by atoms with Gasteiger partial charge in [0.05, 0.1) is 17.4 Å². The molecule has 1 aliphatic rings. The van der Waals surface area contributed by atoms with Crippen molar-refractivity contribution in [3.8, 4) is 0 Å². The number of hydrogen-bond donors (Lipinski definition) is 2. The molecular weight excluding hydrogens is 360 g/mol. The second kappa shape index (κ2) is 8.78. The van der Waals surface area contributed by atoms with Crippen LogP contribution in [0, 0.1) is 5.92 Å². The van der Waals surface area contributed by atoms with Gasteiger partial charge in [0.1, 0.15) is 0 Å². The molecule has 0 unspecified atom stereocenters. The van der Waals surface area contributed by atoms with E-state index in [1.54, 1.807) is 12.4 Å². The monoisotopic (exact) mass is 386 g/mol. The van der Waals surface area contributed by atoms with Crippen LogP contribution in [0.5, 0.6) is 0 Å². The first-order valence-electron chi connectivity index (χ1n) is 10.1. The third-order valence-electron chi connectivity index (χ3n) is 5.34. The molecule has 148 valence electrons. The minimum absolute atomic E-state index is 0.179. The van der Waals surface area contributed by atoms with Crippen molar-refractivity contribution in [1.82, 2.24) is 4.98 Å². The Morgan fingerprint density at radius 1 is 0.931 bits per heavy atom. The van der Waals surface area contributed by atoms with Crippen LogP contribution in [0.15, 0.2) is 73.1 Å².